The molecule has 0 saturated carbocycles. The molecule has 0 aliphatic carbocycles. The van der Waals surface area contributed by atoms with Crippen molar-refractivity contribution in [3.05, 3.63) is 83.8 Å². The van der Waals surface area contributed by atoms with E-state index in [9.17, 15) is 14.0 Å². The molecular weight excluding hydrogens is 427 g/mol. The van der Waals surface area contributed by atoms with Gasteiger partial charge in [-0.15, -0.1) is 0 Å². The van der Waals surface area contributed by atoms with E-state index >= 15 is 0 Å². The third-order valence-electron chi connectivity index (χ3n) is 5.22. The lowest BCUT2D eigenvalue weighted by molar-refractivity contribution is -0.120. The maximum Gasteiger partial charge on any atom is 0.282 e. The molecule has 3 aromatic rings. The molecule has 4 rings (SSSR count). The highest BCUT2D eigenvalue weighted by molar-refractivity contribution is 6.46. The predicted octanol–water partition coefficient (Wildman–Crippen LogP) is 4.25. The van der Waals surface area contributed by atoms with Gasteiger partial charge in [-0.25, -0.2) is 9.29 Å². The van der Waals surface area contributed by atoms with Gasteiger partial charge < -0.3 is 19.5 Å². The average Bonchev–Trinajstić information content (AvgIpc) is 3.08. The summed E-state index contributed by atoms with van der Waals surface area (Å²) < 4.78 is 30.7. The first-order chi connectivity index (χ1) is 16.0. The molecule has 0 spiro atoms. The molecule has 0 fully saturated rings. The highest BCUT2D eigenvalue weighted by atomic mass is 19.1. The number of rotatable bonds is 7. The lowest BCUT2D eigenvalue weighted by Crippen LogP contribution is -2.33. The molecule has 0 radical (unpaired) electrons. The maximum absolute atomic E-state index is 14.6. The normalized spacial score (nSPS) is 13.4. The predicted molar refractivity (Wildman–Crippen MR) is 122 cm³/mol. The highest BCUT2D eigenvalue weighted by Crippen LogP contribution is 2.39. The molecule has 3 aromatic carbocycles. The van der Waals surface area contributed by atoms with Crippen LogP contribution < -0.4 is 24.4 Å². The van der Waals surface area contributed by atoms with Crippen LogP contribution in [0.2, 0.25) is 0 Å². The van der Waals surface area contributed by atoms with E-state index in [1.807, 2.05) is 0 Å². The molecule has 7 nitrogen and oxygen atoms in total. The maximum atomic E-state index is 14.6. The summed E-state index contributed by atoms with van der Waals surface area (Å²) in [7, 11) is 4.46. The molecule has 0 aromatic heterocycles. The Kier molecular flexibility index (Phi) is 5.99. The van der Waals surface area contributed by atoms with Gasteiger partial charge in [-0.1, -0.05) is 30.3 Å². The van der Waals surface area contributed by atoms with Gasteiger partial charge in [0.15, 0.2) is 0 Å². The fourth-order valence-electron chi connectivity index (χ4n) is 3.65. The van der Waals surface area contributed by atoms with Gasteiger partial charge in [0.1, 0.15) is 28.8 Å². The van der Waals surface area contributed by atoms with Crippen LogP contribution >= 0.6 is 0 Å². The van der Waals surface area contributed by atoms with Gasteiger partial charge in [-0.2, -0.15) is 0 Å². The standard InChI is InChI=1S/C25H21FN2O5/c1-31-15-12-13-21(33-3)18(14-15)27-23-22(16-8-4-7-11-20(16)32-2)24(29)28(25(23)30)19-10-6-5-9-17(19)26/h4-14,27H,1-3H3. The quantitative estimate of drug-likeness (QED) is 0.545. The Morgan fingerprint density at radius 1 is 0.788 bits per heavy atom. The number of hydrogen-bond donors (Lipinski definition) is 1. The van der Waals surface area contributed by atoms with Crippen LogP contribution in [0, 0.1) is 5.82 Å². The number of benzene rings is 3. The third kappa shape index (κ3) is 3.87. The number of methoxy groups -OCH3 is 3. The van der Waals surface area contributed by atoms with Crippen LogP contribution in [0.4, 0.5) is 15.8 Å². The Balaban J connectivity index is 1.91. The highest BCUT2D eigenvalue weighted by Gasteiger charge is 2.42. The summed E-state index contributed by atoms with van der Waals surface area (Å²) in [6, 6.07) is 17.4. The van der Waals surface area contributed by atoms with Gasteiger partial charge in [0.05, 0.1) is 38.3 Å². The van der Waals surface area contributed by atoms with E-state index in [2.05, 4.69) is 5.32 Å². The average molecular weight is 448 g/mol. The minimum atomic E-state index is -0.712. The molecule has 0 unspecified atom stereocenters. The van der Waals surface area contributed by atoms with E-state index in [0.29, 0.717) is 28.5 Å². The van der Waals surface area contributed by atoms with E-state index in [4.69, 9.17) is 14.2 Å². The van der Waals surface area contributed by atoms with Crippen LogP contribution in [-0.2, 0) is 9.59 Å². The largest absolute Gasteiger partial charge is 0.497 e. The molecule has 1 aliphatic rings. The Labute approximate surface area is 190 Å². The van der Waals surface area contributed by atoms with Crippen LogP contribution in [0.25, 0.3) is 5.57 Å². The monoisotopic (exact) mass is 448 g/mol. The van der Waals surface area contributed by atoms with Crippen molar-refractivity contribution in [2.75, 3.05) is 31.5 Å². The zero-order valence-electron chi connectivity index (χ0n) is 18.2. The van der Waals surface area contributed by atoms with Crippen LogP contribution in [0.1, 0.15) is 5.56 Å². The molecule has 0 saturated heterocycles. The molecule has 1 N–H and O–H groups in total. The number of imide groups is 1. The lowest BCUT2D eigenvalue weighted by atomic mass is 10.0. The van der Waals surface area contributed by atoms with E-state index in [0.717, 1.165) is 4.90 Å². The van der Waals surface area contributed by atoms with Crippen LogP contribution in [0.5, 0.6) is 17.2 Å². The van der Waals surface area contributed by atoms with Crippen molar-refractivity contribution < 1.29 is 28.2 Å². The summed E-state index contributed by atoms with van der Waals surface area (Å²) in [5.41, 5.74) is 0.650. The van der Waals surface area contributed by atoms with Crippen molar-refractivity contribution in [2.45, 2.75) is 0 Å². The molecule has 0 bridgehead atoms. The number of nitrogens with zero attached hydrogens (tertiary/aromatic N) is 1. The van der Waals surface area contributed by atoms with E-state index in [-0.39, 0.29) is 17.0 Å². The number of halogens is 1. The minimum Gasteiger partial charge on any atom is -0.497 e. The third-order valence-corrected chi connectivity index (χ3v) is 5.22. The molecule has 1 heterocycles. The number of carbonyl (C=O) groups is 2. The summed E-state index contributed by atoms with van der Waals surface area (Å²) in [5.74, 6) is -0.762. The van der Waals surface area contributed by atoms with E-state index in [1.54, 1.807) is 48.5 Å². The summed E-state index contributed by atoms with van der Waals surface area (Å²) in [6.07, 6.45) is 0. The molecule has 168 valence electrons. The number of amides is 2. The van der Waals surface area contributed by atoms with Crippen molar-refractivity contribution in [1.82, 2.24) is 0 Å². The molecule has 33 heavy (non-hydrogen) atoms. The van der Waals surface area contributed by atoms with Crippen LogP contribution in [0.15, 0.2) is 72.4 Å². The van der Waals surface area contributed by atoms with Gasteiger partial charge in [0.2, 0.25) is 0 Å². The fourth-order valence-corrected chi connectivity index (χ4v) is 3.65. The van der Waals surface area contributed by atoms with Gasteiger partial charge in [-0.3, -0.25) is 9.59 Å². The van der Waals surface area contributed by atoms with Gasteiger partial charge >= 0.3 is 0 Å². The first-order valence-corrected chi connectivity index (χ1v) is 10.00. The lowest BCUT2D eigenvalue weighted by Gasteiger charge is -2.16. The number of anilines is 2. The van der Waals surface area contributed by atoms with Gasteiger partial charge in [0.25, 0.3) is 11.8 Å². The van der Waals surface area contributed by atoms with Gasteiger partial charge in [0, 0.05) is 11.6 Å². The molecule has 1 aliphatic heterocycles. The second-order valence-electron chi connectivity index (χ2n) is 7.04. The fraction of sp³-hybridized carbons (Fsp3) is 0.120. The van der Waals surface area contributed by atoms with Crippen molar-refractivity contribution in [1.29, 1.82) is 0 Å². The summed E-state index contributed by atoms with van der Waals surface area (Å²) in [4.78, 5) is 27.9. The molecule has 8 heteroatoms. The van der Waals surface area contributed by atoms with Crippen molar-refractivity contribution >= 4 is 28.8 Å². The van der Waals surface area contributed by atoms with Gasteiger partial charge in [-0.05, 0) is 30.3 Å². The number of hydrogen-bond acceptors (Lipinski definition) is 6. The van der Waals surface area contributed by atoms with Crippen LogP contribution in [-0.4, -0.2) is 33.1 Å². The molecular formula is C25H21FN2O5. The second-order valence-corrected chi connectivity index (χ2v) is 7.04. The Morgan fingerprint density at radius 2 is 1.48 bits per heavy atom. The first kappa shape index (κ1) is 21.9. The van der Waals surface area contributed by atoms with Crippen molar-refractivity contribution in [3.63, 3.8) is 0 Å². The van der Waals surface area contributed by atoms with Crippen molar-refractivity contribution in [2.24, 2.45) is 0 Å². The Hall–Kier alpha value is -4.33. The number of ether oxygens (including phenoxy) is 3. The number of para-hydroxylation sites is 2. The zero-order valence-corrected chi connectivity index (χ0v) is 18.2. The summed E-state index contributed by atoms with van der Waals surface area (Å²) in [6.45, 7) is 0. The van der Waals surface area contributed by atoms with E-state index < -0.39 is 17.6 Å². The number of nitrogens with one attached hydrogen (secondary N) is 1. The van der Waals surface area contributed by atoms with Crippen LogP contribution in [0.3, 0.4) is 0 Å². The summed E-state index contributed by atoms with van der Waals surface area (Å²) >= 11 is 0. The smallest absolute Gasteiger partial charge is 0.282 e. The van der Waals surface area contributed by atoms with E-state index in [1.165, 1.54) is 39.5 Å². The second kappa shape index (κ2) is 9.04. The first-order valence-electron chi connectivity index (χ1n) is 10.00. The Bertz CT molecular complexity index is 1270. The minimum absolute atomic E-state index is 0.0423. The SMILES string of the molecule is COc1ccc(OC)c(NC2=C(c3ccccc3OC)C(=O)N(c3ccccc3F)C2=O)c1. The summed E-state index contributed by atoms with van der Waals surface area (Å²) in [5, 5.41) is 3.02. The molecule has 0 atom stereocenters. The number of carbonyl (C=O) groups excluding carboxylic acids is 2. The molecule has 2 amide bonds. The van der Waals surface area contributed by atoms with Crippen molar-refractivity contribution in [3.8, 4) is 17.2 Å². The topological polar surface area (TPSA) is 77.1 Å². The zero-order chi connectivity index (χ0) is 23.5. The Morgan fingerprint density at radius 3 is 2.18 bits per heavy atom.